The summed E-state index contributed by atoms with van der Waals surface area (Å²) in [6, 6.07) is 0. The summed E-state index contributed by atoms with van der Waals surface area (Å²) in [7, 11) is 0. The molecule has 0 fully saturated rings. The van der Waals surface area contributed by atoms with Crippen LogP contribution in [0.5, 0.6) is 0 Å². The summed E-state index contributed by atoms with van der Waals surface area (Å²) in [6.07, 6.45) is 5.49. The van der Waals surface area contributed by atoms with Crippen molar-refractivity contribution >= 4 is 0 Å². The van der Waals surface area contributed by atoms with Crippen LogP contribution >= 0.6 is 0 Å². The molecule has 0 aromatic carbocycles. The molecule has 0 atom stereocenters. The molecule has 0 saturated heterocycles. The zero-order valence-electron chi connectivity index (χ0n) is 8.68. The van der Waals surface area contributed by atoms with Gasteiger partial charge in [0.25, 0.3) is 0 Å². The van der Waals surface area contributed by atoms with E-state index in [9.17, 15) is 0 Å². The summed E-state index contributed by atoms with van der Waals surface area (Å²) in [5, 5.41) is 0. The number of nitrogens with two attached hydrogens (primary N) is 1. The molecule has 0 spiro atoms. The minimum atomic E-state index is 0.616. The van der Waals surface area contributed by atoms with E-state index in [-0.39, 0.29) is 0 Å². The van der Waals surface area contributed by atoms with Gasteiger partial charge in [0.05, 0.1) is 12.4 Å². The van der Waals surface area contributed by atoms with Gasteiger partial charge in [0.1, 0.15) is 0 Å². The average molecular weight is 191 g/mol. The number of rotatable bonds is 4. The maximum atomic E-state index is 5.71. The molecular formula is C12H17NO. The van der Waals surface area contributed by atoms with Crippen molar-refractivity contribution in [1.29, 1.82) is 0 Å². The fraction of sp³-hybridized carbons (Fsp3) is 0.333. The molecule has 0 saturated carbocycles. The lowest BCUT2D eigenvalue weighted by molar-refractivity contribution is 0.221. The zero-order valence-corrected chi connectivity index (χ0v) is 8.68. The Balaban J connectivity index is 2.81. The molecule has 1 rings (SSSR count). The van der Waals surface area contributed by atoms with Gasteiger partial charge >= 0.3 is 0 Å². The summed E-state index contributed by atoms with van der Waals surface area (Å²) in [5.41, 5.74) is 8.54. The molecular weight excluding hydrogens is 174 g/mol. The van der Waals surface area contributed by atoms with Crippen molar-refractivity contribution in [1.82, 2.24) is 0 Å². The second-order valence-corrected chi connectivity index (χ2v) is 3.22. The summed E-state index contributed by atoms with van der Waals surface area (Å²) >= 11 is 0. The first kappa shape index (κ1) is 10.6. The lowest BCUT2D eigenvalue weighted by Crippen LogP contribution is -2.08. The van der Waals surface area contributed by atoms with Crippen LogP contribution in [0.4, 0.5) is 0 Å². The van der Waals surface area contributed by atoms with Crippen LogP contribution < -0.4 is 5.73 Å². The van der Waals surface area contributed by atoms with Crippen molar-refractivity contribution in [2.75, 3.05) is 6.61 Å². The second kappa shape index (κ2) is 4.70. The number of ether oxygens (including phenoxy) is 1. The first-order valence-electron chi connectivity index (χ1n) is 4.80. The van der Waals surface area contributed by atoms with Crippen molar-refractivity contribution in [3.8, 4) is 0 Å². The van der Waals surface area contributed by atoms with Gasteiger partial charge < -0.3 is 10.5 Å². The van der Waals surface area contributed by atoms with Gasteiger partial charge in [-0.15, -0.1) is 0 Å². The topological polar surface area (TPSA) is 35.2 Å². The van der Waals surface area contributed by atoms with E-state index in [4.69, 9.17) is 10.5 Å². The van der Waals surface area contributed by atoms with Gasteiger partial charge in [-0.05, 0) is 30.6 Å². The third-order valence-corrected chi connectivity index (χ3v) is 2.25. The van der Waals surface area contributed by atoms with Gasteiger partial charge in [-0.2, -0.15) is 0 Å². The molecule has 0 aliphatic heterocycles. The van der Waals surface area contributed by atoms with E-state index in [2.05, 4.69) is 19.2 Å². The predicted molar refractivity (Wildman–Crippen MR) is 59.5 cm³/mol. The predicted octanol–water partition coefficient (Wildman–Crippen LogP) is 2.66. The Kier molecular flexibility index (Phi) is 3.57. The SMILES string of the molecule is C=CC1=C(C(=C)N)CC(OCC)=CC1. The highest BCUT2D eigenvalue weighted by Crippen LogP contribution is 2.28. The summed E-state index contributed by atoms with van der Waals surface area (Å²) in [4.78, 5) is 0. The molecule has 0 aromatic rings. The Morgan fingerprint density at radius 1 is 1.71 bits per heavy atom. The molecule has 2 N–H and O–H groups in total. The quantitative estimate of drug-likeness (QED) is 0.741. The Hall–Kier alpha value is -1.44. The Morgan fingerprint density at radius 2 is 2.43 bits per heavy atom. The van der Waals surface area contributed by atoms with E-state index in [1.54, 1.807) is 0 Å². The van der Waals surface area contributed by atoms with E-state index in [0.29, 0.717) is 12.3 Å². The number of allylic oxidation sites excluding steroid dienone is 5. The highest BCUT2D eigenvalue weighted by molar-refractivity contribution is 5.42. The third-order valence-electron chi connectivity index (χ3n) is 2.25. The van der Waals surface area contributed by atoms with Crippen LogP contribution in [0.25, 0.3) is 0 Å². The highest BCUT2D eigenvalue weighted by Gasteiger charge is 2.13. The zero-order chi connectivity index (χ0) is 10.6. The molecule has 0 unspecified atom stereocenters. The van der Waals surface area contributed by atoms with Crippen LogP contribution in [-0.4, -0.2) is 6.61 Å². The molecule has 76 valence electrons. The molecule has 1 aliphatic rings. The summed E-state index contributed by atoms with van der Waals surface area (Å²) in [6.45, 7) is 10.2. The van der Waals surface area contributed by atoms with Crippen molar-refractivity contribution in [2.24, 2.45) is 5.73 Å². The normalized spacial score (nSPS) is 16.2. The summed E-state index contributed by atoms with van der Waals surface area (Å²) in [5.74, 6) is 0.986. The lowest BCUT2D eigenvalue weighted by atomic mass is 9.94. The molecule has 2 nitrogen and oxygen atoms in total. The lowest BCUT2D eigenvalue weighted by Gasteiger charge is -2.19. The van der Waals surface area contributed by atoms with Gasteiger partial charge in [0.15, 0.2) is 0 Å². The molecule has 0 heterocycles. The molecule has 0 aromatic heterocycles. The van der Waals surface area contributed by atoms with Crippen LogP contribution in [0.1, 0.15) is 19.8 Å². The molecule has 0 amide bonds. The molecule has 1 aliphatic carbocycles. The Bertz CT molecular complexity index is 310. The van der Waals surface area contributed by atoms with Gasteiger partial charge in [0, 0.05) is 12.1 Å². The monoisotopic (exact) mass is 191 g/mol. The van der Waals surface area contributed by atoms with Crippen LogP contribution in [0.2, 0.25) is 0 Å². The van der Waals surface area contributed by atoms with Crippen molar-refractivity contribution in [2.45, 2.75) is 19.8 Å². The van der Waals surface area contributed by atoms with Gasteiger partial charge in [-0.25, -0.2) is 0 Å². The number of hydrogen-bond acceptors (Lipinski definition) is 2. The van der Waals surface area contributed by atoms with E-state index >= 15 is 0 Å². The van der Waals surface area contributed by atoms with E-state index in [1.807, 2.05) is 13.0 Å². The van der Waals surface area contributed by atoms with Crippen LogP contribution in [-0.2, 0) is 4.74 Å². The van der Waals surface area contributed by atoms with E-state index in [0.717, 1.165) is 29.7 Å². The fourth-order valence-corrected chi connectivity index (χ4v) is 1.53. The molecule has 0 bridgehead atoms. The molecule has 0 radical (unpaired) electrons. The average Bonchev–Trinajstić information content (AvgIpc) is 2.18. The van der Waals surface area contributed by atoms with Crippen LogP contribution in [0.3, 0.4) is 0 Å². The van der Waals surface area contributed by atoms with Crippen LogP contribution in [0, 0.1) is 0 Å². The van der Waals surface area contributed by atoms with E-state index in [1.165, 1.54) is 0 Å². The van der Waals surface area contributed by atoms with Crippen molar-refractivity contribution in [3.05, 3.63) is 47.9 Å². The molecule has 2 heteroatoms. The maximum Gasteiger partial charge on any atom is 0.0967 e. The van der Waals surface area contributed by atoms with Crippen molar-refractivity contribution < 1.29 is 4.74 Å². The standard InChI is InChI=1S/C12H17NO/c1-4-10-6-7-11(14-5-2)8-12(10)9(3)13/h4,7H,1,3,5-6,8,13H2,2H3. The van der Waals surface area contributed by atoms with E-state index < -0.39 is 0 Å². The Morgan fingerprint density at radius 3 is 2.93 bits per heavy atom. The fourth-order valence-electron chi connectivity index (χ4n) is 1.53. The first-order valence-corrected chi connectivity index (χ1v) is 4.80. The summed E-state index contributed by atoms with van der Waals surface area (Å²) < 4.78 is 5.45. The van der Waals surface area contributed by atoms with Gasteiger partial charge in [-0.1, -0.05) is 19.2 Å². The van der Waals surface area contributed by atoms with Crippen LogP contribution in [0.15, 0.2) is 47.9 Å². The van der Waals surface area contributed by atoms with Gasteiger partial charge in [0.2, 0.25) is 0 Å². The van der Waals surface area contributed by atoms with Crippen molar-refractivity contribution in [3.63, 3.8) is 0 Å². The first-order chi connectivity index (χ1) is 6.69. The second-order valence-electron chi connectivity index (χ2n) is 3.22. The highest BCUT2D eigenvalue weighted by atomic mass is 16.5. The smallest absolute Gasteiger partial charge is 0.0967 e. The number of hydrogen-bond donors (Lipinski definition) is 1. The van der Waals surface area contributed by atoms with Gasteiger partial charge in [-0.3, -0.25) is 0 Å². The Labute approximate surface area is 85.4 Å². The largest absolute Gasteiger partial charge is 0.498 e. The molecule has 14 heavy (non-hydrogen) atoms. The minimum absolute atomic E-state index is 0.616. The minimum Gasteiger partial charge on any atom is -0.498 e. The third kappa shape index (κ3) is 2.28. The maximum absolute atomic E-state index is 5.71.